The van der Waals surface area contributed by atoms with Crippen LogP contribution in [0.3, 0.4) is 0 Å². The number of benzene rings is 7. The first kappa shape index (κ1) is 40.0. The third-order valence-corrected chi connectivity index (χ3v) is 12.4. The summed E-state index contributed by atoms with van der Waals surface area (Å²) in [6.45, 7) is 15.0. The van der Waals surface area contributed by atoms with Crippen molar-refractivity contribution < 1.29 is 33.0 Å². The van der Waals surface area contributed by atoms with Crippen molar-refractivity contribution in [1.82, 2.24) is 14.5 Å². The predicted molar refractivity (Wildman–Crippen MR) is 273 cm³/mol. The SMILES string of the molecule is [2H]C([2H])([2H])c1cc(-c2cc(C([2H])(C)C)cc(C([2H])(C)C)c2)ccc1-n1c(-c2cc(C(C)(C)C)cc(C)c2O)nc2c(-c3[c-]c(-c4cc(-c5ccc(C)cc5)ccn4)cc(-c4ccccc4)c3)cccc21.[Pt]. The summed E-state index contributed by atoms with van der Waals surface area (Å²) in [4.78, 5) is 10.3. The maximum absolute atomic E-state index is 12.1. The van der Waals surface area contributed by atoms with Crippen molar-refractivity contribution in [2.75, 3.05) is 0 Å². The number of phenolic OH excluding ortho intramolecular Hbond substituents is 1. The van der Waals surface area contributed by atoms with E-state index in [-0.39, 0.29) is 37.8 Å². The number of rotatable bonds is 9. The van der Waals surface area contributed by atoms with Crippen LogP contribution in [0.4, 0.5) is 0 Å². The van der Waals surface area contributed by atoms with Crippen LogP contribution in [0.2, 0.25) is 0 Å². The number of phenols is 1. The fourth-order valence-electron chi connectivity index (χ4n) is 8.56. The van der Waals surface area contributed by atoms with Gasteiger partial charge < -0.3 is 5.11 Å². The van der Waals surface area contributed by atoms with Crippen LogP contribution in [-0.2, 0) is 26.5 Å². The van der Waals surface area contributed by atoms with Crippen molar-refractivity contribution >= 4 is 11.0 Å². The Bertz CT molecular complexity index is 3420. The second-order valence-electron chi connectivity index (χ2n) is 18.8. The molecule has 7 aromatic carbocycles. The van der Waals surface area contributed by atoms with Crippen molar-refractivity contribution in [3.63, 3.8) is 0 Å². The maximum Gasteiger partial charge on any atom is 0.148 e. The summed E-state index contributed by atoms with van der Waals surface area (Å²) in [6.07, 6.45) is 1.83. The molecule has 334 valence electrons. The Morgan fingerprint density at radius 3 is 1.95 bits per heavy atom. The summed E-state index contributed by atoms with van der Waals surface area (Å²) in [6, 6.07) is 51.8. The molecule has 1 N–H and O–H groups in total. The molecule has 0 atom stereocenters. The Labute approximate surface area is 412 Å². The maximum atomic E-state index is 12.1. The van der Waals surface area contributed by atoms with Gasteiger partial charge in [-0.25, -0.2) is 4.98 Å². The zero-order valence-corrected chi connectivity index (χ0v) is 41.3. The zero-order chi connectivity index (χ0) is 50.1. The van der Waals surface area contributed by atoms with Crippen LogP contribution < -0.4 is 0 Å². The minimum atomic E-state index is -2.60. The first-order valence-corrected chi connectivity index (χ1v) is 22.3. The van der Waals surface area contributed by atoms with Gasteiger partial charge in [-0.2, -0.15) is 0 Å². The Hall–Kier alpha value is -6.35. The molecule has 0 fully saturated rings. The molecule has 66 heavy (non-hydrogen) atoms. The van der Waals surface area contributed by atoms with E-state index in [1.165, 1.54) is 5.56 Å². The van der Waals surface area contributed by atoms with Gasteiger partial charge in [-0.15, -0.1) is 23.8 Å². The van der Waals surface area contributed by atoms with Crippen LogP contribution in [0.25, 0.3) is 83.9 Å². The van der Waals surface area contributed by atoms with Crippen LogP contribution in [0.15, 0.2) is 152 Å². The third kappa shape index (κ3) is 9.09. The molecule has 0 aliphatic heterocycles. The van der Waals surface area contributed by atoms with Gasteiger partial charge in [-0.1, -0.05) is 174 Å². The number of aromatic hydroxyl groups is 1. The molecule has 0 amide bonds. The molecular formula is C61H58N3OPt-. The first-order valence-electron chi connectivity index (χ1n) is 24.8. The van der Waals surface area contributed by atoms with Crippen LogP contribution in [0.5, 0.6) is 5.75 Å². The van der Waals surface area contributed by atoms with Crippen molar-refractivity contribution in [2.24, 2.45) is 0 Å². The first-order chi connectivity index (χ1) is 32.9. The number of fused-ring (bicyclic) bond motifs is 1. The summed E-state index contributed by atoms with van der Waals surface area (Å²) < 4.78 is 47.0. The van der Waals surface area contributed by atoms with Crippen LogP contribution in [-0.4, -0.2) is 19.6 Å². The molecule has 9 rings (SSSR count). The van der Waals surface area contributed by atoms with Gasteiger partial charge >= 0.3 is 0 Å². The van der Waals surface area contributed by atoms with E-state index in [2.05, 4.69) is 88.4 Å². The number of hydrogen-bond donors (Lipinski definition) is 1. The molecule has 0 radical (unpaired) electrons. The number of hydrogen-bond acceptors (Lipinski definition) is 3. The Morgan fingerprint density at radius 1 is 0.621 bits per heavy atom. The van der Waals surface area contributed by atoms with E-state index in [1.807, 2.05) is 130 Å². The Morgan fingerprint density at radius 2 is 1.27 bits per heavy atom. The fraction of sp³-hybridized carbons (Fsp3) is 0.213. The van der Waals surface area contributed by atoms with Gasteiger partial charge in [0, 0.05) is 39.8 Å². The molecule has 2 heterocycles. The summed E-state index contributed by atoms with van der Waals surface area (Å²) >= 11 is 0. The minimum Gasteiger partial charge on any atom is -0.507 e. The standard InChI is InChI=1S/C61H58N3O.Pt/c1-37(2)46-29-47(38(3)4)31-49(30-46)44-23-24-56(40(6)27-44)64-57-18-14-17-53(58(57)63-60(64)54-36-52(61(8,9)10)28-41(7)59(54)65)50-32-48(42-15-12-11-13-16-42)33-51(34-50)55-35-45(25-26-62-55)43-21-19-39(5)20-22-43;/h11-33,35-38,65H,1-10H3;/q-1;/i6D3,37D,38D;. The number of para-hydroxylation sites is 1. The van der Waals surface area contributed by atoms with Gasteiger partial charge in [-0.05, 0) is 124 Å². The van der Waals surface area contributed by atoms with Crippen molar-refractivity contribution in [1.29, 1.82) is 0 Å². The Balaban J connectivity index is 0.00000676. The molecule has 0 aliphatic carbocycles. The smallest absolute Gasteiger partial charge is 0.148 e. The molecule has 0 saturated carbocycles. The molecule has 9 aromatic rings. The second kappa shape index (κ2) is 18.5. The zero-order valence-electron chi connectivity index (χ0n) is 44.0. The molecule has 0 saturated heterocycles. The molecule has 0 bridgehead atoms. The van der Waals surface area contributed by atoms with Crippen molar-refractivity contribution in [2.45, 2.75) is 86.4 Å². The molecule has 2 aromatic heterocycles. The Kier molecular flexibility index (Phi) is 11.2. The van der Waals surface area contributed by atoms with Gasteiger partial charge in [0.25, 0.3) is 0 Å². The monoisotopic (exact) mass is 1050 g/mol. The number of imidazole rings is 1. The second-order valence-corrected chi connectivity index (χ2v) is 18.8. The predicted octanol–water partition coefficient (Wildman–Crippen LogP) is 16.4. The third-order valence-electron chi connectivity index (χ3n) is 12.4. The van der Waals surface area contributed by atoms with Crippen molar-refractivity contribution in [3.8, 4) is 78.6 Å². The molecule has 4 nitrogen and oxygen atoms in total. The quantitative estimate of drug-likeness (QED) is 0.147. The van der Waals surface area contributed by atoms with E-state index >= 15 is 0 Å². The minimum absolute atomic E-state index is 0. The summed E-state index contributed by atoms with van der Waals surface area (Å²) in [5, 5.41) is 12.1. The van der Waals surface area contributed by atoms with Gasteiger partial charge in [-0.3, -0.25) is 9.55 Å². The van der Waals surface area contributed by atoms with E-state index in [0.717, 1.165) is 66.9 Å². The summed E-state index contributed by atoms with van der Waals surface area (Å²) in [7, 11) is 0. The molecule has 0 spiro atoms. The van der Waals surface area contributed by atoms with Gasteiger partial charge in [0.05, 0.1) is 22.3 Å². The van der Waals surface area contributed by atoms with Crippen LogP contribution in [0.1, 0.15) is 100 Å². The molecule has 0 unspecified atom stereocenters. The van der Waals surface area contributed by atoms with E-state index in [4.69, 9.17) is 16.8 Å². The topological polar surface area (TPSA) is 50.9 Å². The molecular weight excluding hydrogens is 986 g/mol. The number of pyridine rings is 1. The van der Waals surface area contributed by atoms with Gasteiger partial charge in [0.15, 0.2) is 0 Å². The number of nitrogens with zero attached hydrogens (tertiary/aromatic N) is 3. The van der Waals surface area contributed by atoms with E-state index in [9.17, 15) is 5.11 Å². The fourth-order valence-corrected chi connectivity index (χ4v) is 8.56. The summed E-state index contributed by atoms with van der Waals surface area (Å²) in [5.74, 6) is -1.49. The van der Waals surface area contributed by atoms with Gasteiger partial charge in [0.1, 0.15) is 11.6 Å². The molecule has 0 aliphatic rings. The van der Waals surface area contributed by atoms with Crippen molar-refractivity contribution in [3.05, 3.63) is 191 Å². The van der Waals surface area contributed by atoms with Gasteiger partial charge in [0.2, 0.25) is 0 Å². The van der Waals surface area contributed by atoms with E-state index < -0.39 is 18.6 Å². The largest absolute Gasteiger partial charge is 0.507 e. The number of aryl methyl sites for hydroxylation is 3. The average molecular weight is 1050 g/mol. The van der Waals surface area contributed by atoms with E-state index in [0.29, 0.717) is 39.2 Å². The van der Waals surface area contributed by atoms with Crippen LogP contribution in [0, 0.1) is 26.8 Å². The average Bonchev–Trinajstić information content (AvgIpc) is 3.71. The van der Waals surface area contributed by atoms with E-state index in [1.54, 1.807) is 6.07 Å². The molecule has 5 heteroatoms. The number of aromatic nitrogens is 3. The normalized spacial score (nSPS) is 13.3. The summed E-state index contributed by atoms with van der Waals surface area (Å²) in [5.41, 5.74) is 14.7. The van der Waals surface area contributed by atoms with Crippen LogP contribution >= 0.6 is 0 Å².